The van der Waals surface area contributed by atoms with Gasteiger partial charge in [-0.3, -0.25) is 9.69 Å². The van der Waals surface area contributed by atoms with Crippen LogP contribution in [0.15, 0.2) is 0 Å². The van der Waals surface area contributed by atoms with Crippen LogP contribution in [0, 0.1) is 23.7 Å². The Morgan fingerprint density at radius 3 is 2.41 bits per heavy atom. The summed E-state index contributed by atoms with van der Waals surface area (Å²) in [6.07, 6.45) is 8.52. The standard InChI is InChI=1S/C18H30N2O2/c1-11(21)10-20-4-2-3-16(20)18(22)19-17-14-6-12-5-13(8-14)9-15(17)7-12/h11-17,21H,2-10H2,1H3,(H,19,22). The summed E-state index contributed by atoms with van der Waals surface area (Å²) in [5.41, 5.74) is 0. The first-order valence-corrected chi connectivity index (χ1v) is 9.32. The monoisotopic (exact) mass is 306 g/mol. The van der Waals surface area contributed by atoms with Crippen molar-refractivity contribution in [2.75, 3.05) is 13.1 Å². The van der Waals surface area contributed by atoms with Gasteiger partial charge in [0.1, 0.15) is 0 Å². The summed E-state index contributed by atoms with van der Waals surface area (Å²) in [4.78, 5) is 15.0. The molecule has 4 heteroatoms. The number of nitrogens with one attached hydrogen (secondary N) is 1. The number of rotatable bonds is 4. The highest BCUT2D eigenvalue weighted by Crippen LogP contribution is 2.53. The highest BCUT2D eigenvalue weighted by molar-refractivity contribution is 5.82. The summed E-state index contributed by atoms with van der Waals surface area (Å²) in [6, 6.07) is 0.432. The first kappa shape index (κ1) is 14.9. The van der Waals surface area contributed by atoms with Gasteiger partial charge in [0.25, 0.3) is 0 Å². The maximum atomic E-state index is 12.8. The molecule has 1 amide bonds. The van der Waals surface area contributed by atoms with Crippen LogP contribution in [0.25, 0.3) is 0 Å². The SMILES string of the molecule is CC(O)CN1CCCC1C(=O)NC1C2CC3CC(C2)CC1C3. The predicted octanol–water partition coefficient (Wildman–Crippen LogP) is 1.77. The van der Waals surface area contributed by atoms with Crippen LogP contribution in [0.5, 0.6) is 0 Å². The Bertz CT molecular complexity index is 409. The molecule has 1 saturated heterocycles. The lowest BCUT2D eigenvalue weighted by Gasteiger charge is -2.54. The Hall–Kier alpha value is -0.610. The third kappa shape index (κ3) is 2.69. The van der Waals surface area contributed by atoms with Crippen molar-refractivity contribution in [3.63, 3.8) is 0 Å². The molecule has 0 aromatic heterocycles. The quantitative estimate of drug-likeness (QED) is 0.832. The van der Waals surface area contributed by atoms with Gasteiger partial charge in [-0.25, -0.2) is 0 Å². The molecule has 0 spiro atoms. The molecule has 4 bridgehead atoms. The fraction of sp³-hybridized carbons (Fsp3) is 0.944. The Morgan fingerprint density at radius 1 is 1.18 bits per heavy atom. The van der Waals surface area contributed by atoms with E-state index < -0.39 is 0 Å². The number of aliphatic hydroxyl groups is 1. The molecule has 2 unspecified atom stereocenters. The molecule has 4 nitrogen and oxygen atoms in total. The zero-order valence-electron chi connectivity index (χ0n) is 13.7. The van der Waals surface area contributed by atoms with Crippen LogP contribution >= 0.6 is 0 Å². The van der Waals surface area contributed by atoms with Crippen LogP contribution in [0.2, 0.25) is 0 Å². The molecule has 5 rings (SSSR count). The van der Waals surface area contributed by atoms with Crippen LogP contribution < -0.4 is 5.32 Å². The van der Waals surface area contributed by atoms with Crippen LogP contribution in [0.1, 0.15) is 51.9 Å². The van der Waals surface area contributed by atoms with Gasteiger partial charge in [-0.15, -0.1) is 0 Å². The van der Waals surface area contributed by atoms with E-state index in [1.807, 2.05) is 6.92 Å². The van der Waals surface area contributed by atoms with Gasteiger partial charge in [0.15, 0.2) is 0 Å². The zero-order chi connectivity index (χ0) is 15.3. The number of hydrogen-bond acceptors (Lipinski definition) is 3. The number of nitrogens with zero attached hydrogens (tertiary/aromatic N) is 1. The van der Waals surface area contributed by atoms with Crippen LogP contribution in [-0.2, 0) is 4.79 Å². The molecule has 0 aromatic rings. The van der Waals surface area contributed by atoms with E-state index in [0.717, 1.165) is 43.1 Å². The molecular formula is C18H30N2O2. The second-order valence-electron chi connectivity index (χ2n) is 8.47. The highest BCUT2D eigenvalue weighted by Gasteiger charge is 2.49. The molecule has 1 aliphatic heterocycles. The Balaban J connectivity index is 1.39. The molecule has 4 saturated carbocycles. The summed E-state index contributed by atoms with van der Waals surface area (Å²) in [5, 5.41) is 13.1. The van der Waals surface area contributed by atoms with Crippen molar-refractivity contribution < 1.29 is 9.90 Å². The molecule has 5 fully saturated rings. The lowest BCUT2D eigenvalue weighted by molar-refractivity contribution is -0.129. The Morgan fingerprint density at radius 2 is 1.82 bits per heavy atom. The van der Waals surface area contributed by atoms with Crippen LogP contribution in [0.4, 0.5) is 0 Å². The van der Waals surface area contributed by atoms with Gasteiger partial charge in [0, 0.05) is 12.6 Å². The summed E-state index contributed by atoms with van der Waals surface area (Å²) in [5.74, 6) is 3.62. The van der Waals surface area contributed by atoms with Crippen molar-refractivity contribution in [3.8, 4) is 0 Å². The molecular weight excluding hydrogens is 276 g/mol. The van der Waals surface area contributed by atoms with E-state index in [2.05, 4.69) is 10.2 Å². The maximum Gasteiger partial charge on any atom is 0.237 e. The molecule has 22 heavy (non-hydrogen) atoms. The van der Waals surface area contributed by atoms with Gasteiger partial charge in [-0.05, 0) is 82.1 Å². The molecule has 5 aliphatic rings. The van der Waals surface area contributed by atoms with E-state index in [4.69, 9.17) is 0 Å². The molecule has 4 aliphatic carbocycles. The van der Waals surface area contributed by atoms with Crippen molar-refractivity contribution in [3.05, 3.63) is 0 Å². The zero-order valence-corrected chi connectivity index (χ0v) is 13.7. The lowest BCUT2D eigenvalue weighted by atomic mass is 9.54. The van der Waals surface area contributed by atoms with Gasteiger partial charge in [0.05, 0.1) is 12.1 Å². The lowest BCUT2D eigenvalue weighted by Crippen LogP contribution is -2.58. The van der Waals surface area contributed by atoms with Crippen molar-refractivity contribution >= 4 is 5.91 Å². The van der Waals surface area contributed by atoms with Gasteiger partial charge < -0.3 is 10.4 Å². The number of amides is 1. The maximum absolute atomic E-state index is 12.8. The van der Waals surface area contributed by atoms with Gasteiger partial charge in [-0.2, -0.15) is 0 Å². The third-order valence-electron chi connectivity index (χ3n) is 6.70. The second-order valence-corrected chi connectivity index (χ2v) is 8.47. The predicted molar refractivity (Wildman–Crippen MR) is 85.3 cm³/mol. The molecule has 2 N–H and O–H groups in total. The summed E-state index contributed by atoms with van der Waals surface area (Å²) in [6.45, 7) is 3.38. The van der Waals surface area contributed by atoms with Crippen LogP contribution in [0.3, 0.4) is 0 Å². The smallest absolute Gasteiger partial charge is 0.237 e. The number of carbonyl (C=O) groups is 1. The van der Waals surface area contributed by atoms with Crippen LogP contribution in [-0.4, -0.2) is 47.2 Å². The summed E-state index contributed by atoms with van der Waals surface area (Å²) in [7, 11) is 0. The topological polar surface area (TPSA) is 52.6 Å². The Kier molecular flexibility index (Phi) is 3.93. The largest absolute Gasteiger partial charge is 0.392 e. The fourth-order valence-corrected chi connectivity index (χ4v) is 6.10. The first-order chi connectivity index (χ1) is 10.6. The number of likely N-dealkylation sites (tertiary alicyclic amines) is 1. The van der Waals surface area contributed by atoms with E-state index in [1.165, 1.54) is 32.1 Å². The van der Waals surface area contributed by atoms with Gasteiger partial charge in [-0.1, -0.05) is 0 Å². The number of carbonyl (C=O) groups excluding carboxylic acids is 1. The van der Waals surface area contributed by atoms with Crippen molar-refractivity contribution in [1.82, 2.24) is 10.2 Å². The van der Waals surface area contributed by atoms with Crippen molar-refractivity contribution in [1.29, 1.82) is 0 Å². The minimum Gasteiger partial charge on any atom is -0.392 e. The minimum atomic E-state index is -0.352. The van der Waals surface area contributed by atoms with Gasteiger partial charge in [0.2, 0.25) is 5.91 Å². The van der Waals surface area contributed by atoms with Gasteiger partial charge >= 0.3 is 0 Å². The van der Waals surface area contributed by atoms with E-state index in [1.54, 1.807) is 0 Å². The third-order valence-corrected chi connectivity index (χ3v) is 6.70. The number of aliphatic hydroxyl groups excluding tert-OH is 1. The first-order valence-electron chi connectivity index (χ1n) is 9.32. The van der Waals surface area contributed by atoms with E-state index >= 15 is 0 Å². The average Bonchev–Trinajstić information content (AvgIpc) is 2.89. The summed E-state index contributed by atoms with van der Waals surface area (Å²) >= 11 is 0. The molecule has 0 radical (unpaired) electrons. The number of β-amino-alcohol motifs (C(OH)–C–C–N with tert-alkyl or cyclic N) is 1. The molecule has 124 valence electrons. The molecule has 2 atom stereocenters. The fourth-order valence-electron chi connectivity index (χ4n) is 6.10. The minimum absolute atomic E-state index is 0.00760. The van der Waals surface area contributed by atoms with E-state index in [9.17, 15) is 9.90 Å². The van der Waals surface area contributed by atoms with E-state index in [0.29, 0.717) is 12.6 Å². The van der Waals surface area contributed by atoms with Crippen molar-refractivity contribution in [2.24, 2.45) is 23.7 Å². The summed E-state index contributed by atoms with van der Waals surface area (Å²) < 4.78 is 0. The van der Waals surface area contributed by atoms with Crippen molar-refractivity contribution in [2.45, 2.75) is 70.1 Å². The average molecular weight is 306 g/mol. The number of hydrogen-bond donors (Lipinski definition) is 2. The Labute approximate surface area is 133 Å². The molecule has 1 heterocycles. The normalized spacial score (nSPS) is 45.2. The van der Waals surface area contributed by atoms with E-state index in [-0.39, 0.29) is 18.1 Å². The highest BCUT2D eigenvalue weighted by atomic mass is 16.3. The second kappa shape index (κ2) is 5.79. The molecule has 0 aromatic carbocycles.